The zero-order chi connectivity index (χ0) is 14.8. The number of ether oxygens (including phenoxy) is 3. The van der Waals surface area contributed by atoms with Gasteiger partial charge in [0.2, 0.25) is 0 Å². The molecule has 0 fully saturated rings. The van der Waals surface area contributed by atoms with E-state index in [1.54, 1.807) is 7.11 Å². The summed E-state index contributed by atoms with van der Waals surface area (Å²) in [5.74, 6) is 0.819. The second kappa shape index (κ2) is 9.69. The summed E-state index contributed by atoms with van der Waals surface area (Å²) < 4.78 is 16.0. The summed E-state index contributed by atoms with van der Waals surface area (Å²) in [5.41, 5.74) is 1.94. The van der Waals surface area contributed by atoms with Gasteiger partial charge in [0.05, 0.1) is 25.5 Å². The Hall–Kier alpha value is -1.17. The molecule has 5 nitrogen and oxygen atoms in total. The number of nitrogens with one attached hydrogen (secondary N) is 1. The van der Waals surface area contributed by atoms with E-state index in [4.69, 9.17) is 14.2 Å². The monoisotopic (exact) mass is 282 g/mol. The number of aryl methyl sites for hydroxylation is 1. The molecule has 1 heterocycles. The number of hydrogen-bond donors (Lipinski definition) is 1. The van der Waals surface area contributed by atoms with Gasteiger partial charge in [-0.15, -0.1) is 0 Å². The van der Waals surface area contributed by atoms with Crippen LogP contribution in [0.1, 0.15) is 25.2 Å². The Morgan fingerprint density at radius 1 is 1.15 bits per heavy atom. The van der Waals surface area contributed by atoms with Crippen LogP contribution in [0, 0.1) is 6.92 Å². The summed E-state index contributed by atoms with van der Waals surface area (Å²) in [6, 6.07) is 4.34. The molecule has 1 aromatic heterocycles. The number of hydrogen-bond acceptors (Lipinski definition) is 5. The number of methoxy groups -OCH3 is 1. The topological polar surface area (TPSA) is 52.6 Å². The minimum Gasteiger partial charge on any atom is -0.489 e. The fourth-order valence-corrected chi connectivity index (χ4v) is 1.61. The lowest BCUT2D eigenvalue weighted by Gasteiger charge is -2.13. The maximum atomic E-state index is 5.74. The van der Waals surface area contributed by atoms with Crippen LogP contribution < -0.4 is 10.1 Å². The van der Waals surface area contributed by atoms with E-state index in [9.17, 15) is 0 Å². The van der Waals surface area contributed by atoms with E-state index in [1.807, 2.05) is 19.1 Å². The molecule has 0 amide bonds. The fourth-order valence-electron chi connectivity index (χ4n) is 1.61. The Balaban J connectivity index is 2.43. The van der Waals surface area contributed by atoms with Gasteiger partial charge in [0, 0.05) is 25.4 Å². The zero-order valence-corrected chi connectivity index (χ0v) is 12.9. The molecule has 5 heteroatoms. The van der Waals surface area contributed by atoms with Crippen LogP contribution in [-0.4, -0.2) is 44.6 Å². The number of pyridine rings is 1. The van der Waals surface area contributed by atoms with E-state index in [-0.39, 0.29) is 0 Å². The molecule has 1 rings (SSSR count). The second-order valence-corrected chi connectivity index (χ2v) is 4.89. The summed E-state index contributed by atoms with van der Waals surface area (Å²) in [7, 11) is 1.66. The zero-order valence-electron chi connectivity index (χ0n) is 12.9. The van der Waals surface area contributed by atoms with Crippen LogP contribution in [0.4, 0.5) is 0 Å². The predicted octanol–water partition coefficient (Wildman–Crippen LogP) is 1.93. The molecular formula is C15H26N2O3. The molecule has 1 N–H and O–H groups in total. The third-order valence-electron chi connectivity index (χ3n) is 2.67. The Bertz CT molecular complexity index is 383. The lowest BCUT2D eigenvalue weighted by Crippen LogP contribution is -2.23. The highest BCUT2D eigenvalue weighted by Crippen LogP contribution is 2.16. The van der Waals surface area contributed by atoms with E-state index in [0.29, 0.717) is 39.0 Å². The van der Waals surface area contributed by atoms with Gasteiger partial charge in [-0.2, -0.15) is 0 Å². The number of aromatic nitrogens is 1. The molecule has 0 spiro atoms. The largest absolute Gasteiger partial charge is 0.489 e. The van der Waals surface area contributed by atoms with Crippen molar-refractivity contribution in [2.45, 2.75) is 33.4 Å². The highest BCUT2D eigenvalue weighted by molar-refractivity contribution is 5.29. The van der Waals surface area contributed by atoms with E-state index < -0.39 is 0 Å². The van der Waals surface area contributed by atoms with Crippen molar-refractivity contribution in [1.29, 1.82) is 0 Å². The van der Waals surface area contributed by atoms with E-state index in [2.05, 4.69) is 24.1 Å². The Morgan fingerprint density at radius 3 is 2.60 bits per heavy atom. The van der Waals surface area contributed by atoms with Gasteiger partial charge in [-0.25, -0.2) is 0 Å². The van der Waals surface area contributed by atoms with Crippen LogP contribution >= 0.6 is 0 Å². The van der Waals surface area contributed by atoms with Crippen molar-refractivity contribution in [3.05, 3.63) is 23.5 Å². The smallest absolute Gasteiger partial charge is 0.142 e. The van der Waals surface area contributed by atoms with E-state index in [1.165, 1.54) is 0 Å². The SMILES string of the molecule is COCCOCCOc1ccc(C)nc1CNC(C)C. The van der Waals surface area contributed by atoms with Crippen molar-refractivity contribution in [2.75, 3.05) is 33.5 Å². The van der Waals surface area contributed by atoms with Crippen molar-refractivity contribution >= 4 is 0 Å². The third-order valence-corrected chi connectivity index (χ3v) is 2.67. The molecule has 0 aliphatic heterocycles. The Kier molecular flexibility index (Phi) is 8.18. The van der Waals surface area contributed by atoms with Crippen LogP contribution in [0.25, 0.3) is 0 Å². The van der Waals surface area contributed by atoms with Gasteiger partial charge in [0.25, 0.3) is 0 Å². The van der Waals surface area contributed by atoms with Crippen molar-refractivity contribution < 1.29 is 14.2 Å². The van der Waals surface area contributed by atoms with Crippen molar-refractivity contribution in [3.8, 4) is 5.75 Å². The molecule has 114 valence electrons. The minimum absolute atomic E-state index is 0.419. The molecule has 20 heavy (non-hydrogen) atoms. The van der Waals surface area contributed by atoms with Gasteiger partial charge in [-0.05, 0) is 19.1 Å². The average Bonchev–Trinajstić information content (AvgIpc) is 2.42. The van der Waals surface area contributed by atoms with Gasteiger partial charge >= 0.3 is 0 Å². The lowest BCUT2D eigenvalue weighted by atomic mass is 10.2. The molecule has 0 saturated heterocycles. The summed E-state index contributed by atoms with van der Waals surface area (Å²) >= 11 is 0. The molecule has 0 aliphatic carbocycles. The van der Waals surface area contributed by atoms with Crippen LogP contribution in [0.5, 0.6) is 5.75 Å². The van der Waals surface area contributed by atoms with Gasteiger partial charge < -0.3 is 19.5 Å². The van der Waals surface area contributed by atoms with Gasteiger partial charge in [0.15, 0.2) is 0 Å². The van der Waals surface area contributed by atoms with Crippen LogP contribution in [0.15, 0.2) is 12.1 Å². The lowest BCUT2D eigenvalue weighted by molar-refractivity contribution is 0.0542. The second-order valence-electron chi connectivity index (χ2n) is 4.89. The number of nitrogens with zero attached hydrogens (tertiary/aromatic N) is 1. The minimum atomic E-state index is 0.419. The van der Waals surface area contributed by atoms with E-state index >= 15 is 0 Å². The van der Waals surface area contributed by atoms with Crippen molar-refractivity contribution in [2.24, 2.45) is 0 Å². The first-order valence-corrected chi connectivity index (χ1v) is 7.03. The molecule has 0 radical (unpaired) electrons. The maximum absolute atomic E-state index is 5.74. The summed E-state index contributed by atoms with van der Waals surface area (Å²) in [6.07, 6.45) is 0. The summed E-state index contributed by atoms with van der Waals surface area (Å²) in [4.78, 5) is 4.53. The van der Waals surface area contributed by atoms with E-state index in [0.717, 1.165) is 17.1 Å². The average molecular weight is 282 g/mol. The van der Waals surface area contributed by atoms with Crippen molar-refractivity contribution in [1.82, 2.24) is 10.3 Å². The Morgan fingerprint density at radius 2 is 1.90 bits per heavy atom. The van der Waals surface area contributed by atoms with Crippen LogP contribution in [0.3, 0.4) is 0 Å². The molecule has 0 saturated carbocycles. The van der Waals surface area contributed by atoms with Gasteiger partial charge in [0.1, 0.15) is 12.4 Å². The predicted molar refractivity (Wildman–Crippen MR) is 79.1 cm³/mol. The normalized spacial score (nSPS) is 11.1. The molecular weight excluding hydrogens is 256 g/mol. The first-order valence-electron chi connectivity index (χ1n) is 7.03. The highest BCUT2D eigenvalue weighted by Gasteiger charge is 2.06. The molecule has 0 aliphatic rings. The maximum Gasteiger partial charge on any atom is 0.142 e. The summed E-state index contributed by atoms with van der Waals surface area (Å²) in [6.45, 7) is 9.18. The molecule has 0 unspecified atom stereocenters. The molecule has 0 atom stereocenters. The molecule has 0 bridgehead atoms. The Labute approximate surface area is 121 Å². The fraction of sp³-hybridized carbons (Fsp3) is 0.667. The first kappa shape index (κ1) is 16.9. The first-order chi connectivity index (χ1) is 9.63. The van der Waals surface area contributed by atoms with Gasteiger partial charge in [-0.3, -0.25) is 4.98 Å². The standard InChI is InChI=1S/C15H26N2O3/c1-12(2)16-11-14-15(6-5-13(3)17-14)20-10-9-19-8-7-18-4/h5-6,12,16H,7-11H2,1-4H3. The number of rotatable bonds is 10. The molecule has 0 aromatic carbocycles. The van der Waals surface area contributed by atoms with Crippen molar-refractivity contribution in [3.63, 3.8) is 0 Å². The molecule has 1 aromatic rings. The van der Waals surface area contributed by atoms with Crippen LogP contribution in [-0.2, 0) is 16.0 Å². The quantitative estimate of drug-likeness (QED) is 0.665. The highest BCUT2D eigenvalue weighted by atomic mass is 16.5. The van der Waals surface area contributed by atoms with Gasteiger partial charge in [-0.1, -0.05) is 13.8 Å². The van der Waals surface area contributed by atoms with Crippen LogP contribution in [0.2, 0.25) is 0 Å². The third kappa shape index (κ3) is 6.84. The summed E-state index contributed by atoms with van der Waals surface area (Å²) in [5, 5.41) is 3.36.